The van der Waals surface area contributed by atoms with Crippen molar-refractivity contribution in [3.05, 3.63) is 65.4 Å². The van der Waals surface area contributed by atoms with E-state index < -0.39 is 23.2 Å². The minimum absolute atomic E-state index is 0.0453. The molecule has 5 heteroatoms. The molecule has 22 heavy (non-hydrogen) atoms. The molecule has 2 N–H and O–H groups in total. The molecule has 0 atom stereocenters. The molecule has 0 fully saturated rings. The number of H-pyrrole nitrogens is 1. The molecule has 3 rings (SSSR count). The summed E-state index contributed by atoms with van der Waals surface area (Å²) in [6.07, 6.45) is 0.0453. The van der Waals surface area contributed by atoms with Gasteiger partial charge in [0.15, 0.2) is 0 Å². The number of amides is 1. The van der Waals surface area contributed by atoms with E-state index in [-0.39, 0.29) is 6.42 Å². The van der Waals surface area contributed by atoms with Crippen LogP contribution in [0.4, 0.5) is 14.5 Å². The number of para-hydroxylation sites is 2. The fourth-order valence-corrected chi connectivity index (χ4v) is 2.52. The Hall–Kier alpha value is -2.69. The number of rotatable bonds is 3. The van der Waals surface area contributed by atoms with Crippen LogP contribution in [0.25, 0.3) is 10.9 Å². The van der Waals surface area contributed by atoms with E-state index in [0.29, 0.717) is 0 Å². The molecule has 0 aliphatic heterocycles. The van der Waals surface area contributed by atoms with Gasteiger partial charge < -0.3 is 10.3 Å². The van der Waals surface area contributed by atoms with Gasteiger partial charge in [-0.25, -0.2) is 8.78 Å². The third-order valence-corrected chi connectivity index (χ3v) is 3.59. The summed E-state index contributed by atoms with van der Waals surface area (Å²) in [6, 6.07) is 11.1. The van der Waals surface area contributed by atoms with E-state index in [4.69, 9.17) is 0 Å². The van der Waals surface area contributed by atoms with Gasteiger partial charge in [0.2, 0.25) is 5.91 Å². The fourth-order valence-electron chi connectivity index (χ4n) is 2.52. The molecule has 0 spiro atoms. The van der Waals surface area contributed by atoms with Crippen molar-refractivity contribution in [3.8, 4) is 0 Å². The Kier molecular flexibility index (Phi) is 3.63. The average molecular weight is 300 g/mol. The fraction of sp³-hybridized carbons (Fsp3) is 0.118. The predicted octanol–water partition coefficient (Wildman–Crippen LogP) is 3.94. The summed E-state index contributed by atoms with van der Waals surface area (Å²) in [5.41, 5.74) is 2.21. The standard InChI is InChI=1S/C17H14F2N2O/c1-10-12(11-5-2-3-8-15(11)20-10)9-16(22)21-17-13(18)6-4-7-14(17)19/h2-8,20H,9H2,1H3,(H,21,22). The average Bonchev–Trinajstić information content (AvgIpc) is 2.79. The van der Waals surface area contributed by atoms with Crippen molar-refractivity contribution in [3.63, 3.8) is 0 Å². The van der Waals surface area contributed by atoms with Gasteiger partial charge in [-0.1, -0.05) is 24.3 Å². The van der Waals surface area contributed by atoms with Crippen LogP contribution in [0.1, 0.15) is 11.3 Å². The van der Waals surface area contributed by atoms with Crippen molar-refractivity contribution in [1.29, 1.82) is 0 Å². The number of fused-ring (bicyclic) bond motifs is 1. The number of aromatic nitrogens is 1. The highest BCUT2D eigenvalue weighted by atomic mass is 19.1. The van der Waals surface area contributed by atoms with E-state index in [1.165, 1.54) is 6.07 Å². The van der Waals surface area contributed by atoms with Gasteiger partial charge >= 0.3 is 0 Å². The topological polar surface area (TPSA) is 44.9 Å². The maximum absolute atomic E-state index is 13.6. The lowest BCUT2D eigenvalue weighted by atomic mass is 10.1. The van der Waals surface area contributed by atoms with Crippen molar-refractivity contribution in [2.45, 2.75) is 13.3 Å². The third kappa shape index (κ3) is 2.57. The highest BCUT2D eigenvalue weighted by Gasteiger charge is 2.15. The van der Waals surface area contributed by atoms with Gasteiger partial charge in [-0.3, -0.25) is 4.79 Å². The number of hydrogen-bond donors (Lipinski definition) is 2. The molecule has 112 valence electrons. The largest absolute Gasteiger partial charge is 0.358 e. The first kappa shape index (κ1) is 14.3. The molecule has 1 aromatic heterocycles. The Morgan fingerprint density at radius 2 is 1.77 bits per heavy atom. The van der Waals surface area contributed by atoms with Crippen LogP contribution in [0.3, 0.4) is 0 Å². The summed E-state index contributed by atoms with van der Waals surface area (Å²) >= 11 is 0. The maximum Gasteiger partial charge on any atom is 0.229 e. The zero-order chi connectivity index (χ0) is 15.7. The molecule has 0 bridgehead atoms. The first-order chi connectivity index (χ1) is 10.6. The Labute approximate surface area is 126 Å². The monoisotopic (exact) mass is 300 g/mol. The summed E-state index contributed by atoms with van der Waals surface area (Å²) in [7, 11) is 0. The number of anilines is 1. The minimum Gasteiger partial charge on any atom is -0.358 e. The van der Waals surface area contributed by atoms with Crippen molar-refractivity contribution in [2.75, 3.05) is 5.32 Å². The van der Waals surface area contributed by atoms with E-state index in [1.807, 2.05) is 31.2 Å². The van der Waals surface area contributed by atoms with E-state index in [2.05, 4.69) is 10.3 Å². The lowest BCUT2D eigenvalue weighted by molar-refractivity contribution is -0.115. The molecule has 2 aromatic carbocycles. The summed E-state index contributed by atoms with van der Waals surface area (Å²) < 4.78 is 27.1. The molecule has 0 saturated carbocycles. The van der Waals surface area contributed by atoms with Crippen LogP contribution in [-0.4, -0.2) is 10.9 Å². The normalized spacial score (nSPS) is 10.9. The van der Waals surface area contributed by atoms with Gasteiger partial charge in [-0.2, -0.15) is 0 Å². The molecule has 3 aromatic rings. The molecule has 0 unspecified atom stereocenters. The van der Waals surface area contributed by atoms with Gasteiger partial charge in [0, 0.05) is 16.6 Å². The lowest BCUT2D eigenvalue weighted by Crippen LogP contribution is -2.16. The van der Waals surface area contributed by atoms with E-state index >= 15 is 0 Å². The highest BCUT2D eigenvalue weighted by molar-refractivity contribution is 5.96. The number of nitrogens with one attached hydrogen (secondary N) is 2. The predicted molar refractivity (Wildman–Crippen MR) is 81.7 cm³/mol. The summed E-state index contributed by atoms with van der Waals surface area (Å²) in [4.78, 5) is 15.3. The molecule has 0 saturated heterocycles. The van der Waals surface area contributed by atoms with Crippen LogP contribution in [0.5, 0.6) is 0 Å². The van der Waals surface area contributed by atoms with Crippen molar-refractivity contribution >= 4 is 22.5 Å². The zero-order valence-electron chi connectivity index (χ0n) is 11.9. The third-order valence-electron chi connectivity index (χ3n) is 3.59. The highest BCUT2D eigenvalue weighted by Crippen LogP contribution is 2.23. The van der Waals surface area contributed by atoms with Crippen molar-refractivity contribution in [2.24, 2.45) is 0 Å². The maximum atomic E-state index is 13.6. The van der Waals surface area contributed by atoms with Crippen LogP contribution in [0.15, 0.2) is 42.5 Å². The van der Waals surface area contributed by atoms with Gasteiger partial charge in [-0.05, 0) is 30.7 Å². The molecule has 1 amide bonds. The van der Waals surface area contributed by atoms with E-state index in [0.717, 1.165) is 34.3 Å². The van der Waals surface area contributed by atoms with Crippen molar-refractivity contribution in [1.82, 2.24) is 4.98 Å². The first-order valence-electron chi connectivity index (χ1n) is 6.86. The Balaban J connectivity index is 1.86. The number of benzene rings is 2. The number of carbonyl (C=O) groups excluding carboxylic acids is 1. The second kappa shape index (κ2) is 5.60. The van der Waals surface area contributed by atoms with Crippen LogP contribution >= 0.6 is 0 Å². The number of hydrogen-bond acceptors (Lipinski definition) is 1. The Morgan fingerprint density at radius 1 is 1.09 bits per heavy atom. The number of aromatic amines is 1. The summed E-state index contributed by atoms with van der Waals surface area (Å²) in [5.74, 6) is -2.04. The SMILES string of the molecule is Cc1[nH]c2ccccc2c1CC(=O)Nc1c(F)cccc1F. The second-order valence-electron chi connectivity index (χ2n) is 5.10. The number of halogens is 2. The number of carbonyl (C=O) groups is 1. The Bertz CT molecular complexity index is 835. The van der Waals surface area contributed by atoms with Gasteiger partial charge in [0.1, 0.15) is 17.3 Å². The summed E-state index contributed by atoms with van der Waals surface area (Å²) in [5, 5.41) is 3.24. The lowest BCUT2D eigenvalue weighted by Gasteiger charge is -2.07. The molecule has 0 aliphatic rings. The van der Waals surface area contributed by atoms with Gasteiger partial charge in [-0.15, -0.1) is 0 Å². The smallest absolute Gasteiger partial charge is 0.229 e. The molecular weight excluding hydrogens is 286 g/mol. The summed E-state index contributed by atoms with van der Waals surface area (Å²) in [6.45, 7) is 1.87. The van der Waals surface area contributed by atoms with Crippen LogP contribution < -0.4 is 5.32 Å². The molecule has 0 radical (unpaired) electrons. The molecule has 1 heterocycles. The minimum atomic E-state index is -0.788. The quantitative estimate of drug-likeness (QED) is 0.756. The van der Waals surface area contributed by atoms with Crippen LogP contribution in [0, 0.1) is 18.6 Å². The Morgan fingerprint density at radius 3 is 2.50 bits per heavy atom. The zero-order valence-corrected chi connectivity index (χ0v) is 11.9. The van der Waals surface area contributed by atoms with Crippen LogP contribution in [-0.2, 0) is 11.2 Å². The second-order valence-corrected chi connectivity index (χ2v) is 5.10. The van der Waals surface area contributed by atoms with E-state index in [1.54, 1.807) is 0 Å². The van der Waals surface area contributed by atoms with Crippen LogP contribution in [0.2, 0.25) is 0 Å². The van der Waals surface area contributed by atoms with Gasteiger partial charge in [0.05, 0.1) is 6.42 Å². The molecular formula is C17H14F2N2O. The molecule has 3 nitrogen and oxygen atoms in total. The first-order valence-corrected chi connectivity index (χ1v) is 6.86. The van der Waals surface area contributed by atoms with Gasteiger partial charge in [0.25, 0.3) is 0 Å². The van der Waals surface area contributed by atoms with E-state index in [9.17, 15) is 13.6 Å². The molecule has 0 aliphatic carbocycles. The number of aryl methyl sites for hydroxylation is 1. The van der Waals surface area contributed by atoms with Crippen molar-refractivity contribution < 1.29 is 13.6 Å².